The molecule has 0 atom stereocenters. The zero-order valence-corrected chi connectivity index (χ0v) is 11.1. The van der Waals surface area contributed by atoms with Crippen LogP contribution in [0.2, 0.25) is 5.02 Å². The van der Waals surface area contributed by atoms with Crippen molar-refractivity contribution in [1.29, 1.82) is 0 Å². The van der Waals surface area contributed by atoms with E-state index in [0.717, 1.165) is 21.8 Å². The average Bonchev–Trinajstić information content (AvgIpc) is 2.40. The van der Waals surface area contributed by atoms with E-state index >= 15 is 0 Å². The Bertz CT molecular complexity index is 537. The summed E-state index contributed by atoms with van der Waals surface area (Å²) in [6.07, 6.45) is 0. The van der Waals surface area contributed by atoms with E-state index in [-0.39, 0.29) is 0 Å². The van der Waals surface area contributed by atoms with Gasteiger partial charge in [-0.25, -0.2) is 5.84 Å². The Morgan fingerprint density at radius 3 is 1.94 bits per heavy atom. The van der Waals surface area contributed by atoms with Gasteiger partial charge in [-0.2, -0.15) is 0 Å². The van der Waals surface area contributed by atoms with Crippen LogP contribution >= 0.6 is 23.8 Å². The number of nitrogens with one attached hydrogen (secondary N) is 2. The molecule has 0 saturated heterocycles. The number of hydrogen-bond donors (Lipinski definition) is 3. The molecular formula is C13H12ClN3S. The Morgan fingerprint density at radius 1 is 0.944 bits per heavy atom. The molecule has 0 aliphatic rings. The fraction of sp³-hybridized carbons (Fsp3) is 0. The molecule has 0 heterocycles. The molecule has 92 valence electrons. The maximum Gasteiger partial charge on any atom is 0.185 e. The summed E-state index contributed by atoms with van der Waals surface area (Å²) in [4.78, 5) is 0. The zero-order chi connectivity index (χ0) is 13.0. The van der Waals surface area contributed by atoms with E-state index < -0.39 is 0 Å². The van der Waals surface area contributed by atoms with Gasteiger partial charge in [-0.05, 0) is 47.6 Å². The zero-order valence-electron chi connectivity index (χ0n) is 9.48. The first-order valence-electron chi connectivity index (χ1n) is 5.32. The standard InChI is InChI=1S/C13H12ClN3S/c14-11-5-1-9(2-6-11)10-3-7-12(8-4-10)16-13(18)17-15/h1-8H,15H2,(H2,16,17,18). The fourth-order valence-corrected chi connectivity index (χ4v) is 1.80. The average molecular weight is 278 g/mol. The summed E-state index contributed by atoms with van der Waals surface area (Å²) >= 11 is 10.8. The van der Waals surface area contributed by atoms with Crippen molar-refractivity contribution in [3.05, 3.63) is 53.6 Å². The van der Waals surface area contributed by atoms with Crippen LogP contribution in [0.25, 0.3) is 11.1 Å². The van der Waals surface area contributed by atoms with Crippen LogP contribution < -0.4 is 16.6 Å². The SMILES string of the molecule is NNC(=S)Nc1ccc(-c2ccc(Cl)cc2)cc1. The summed E-state index contributed by atoms with van der Waals surface area (Å²) in [5.74, 6) is 5.19. The van der Waals surface area contributed by atoms with Gasteiger partial charge in [0.2, 0.25) is 0 Å². The molecule has 0 fully saturated rings. The first kappa shape index (κ1) is 12.8. The molecule has 0 spiro atoms. The highest BCUT2D eigenvalue weighted by Crippen LogP contribution is 2.23. The third-order valence-electron chi connectivity index (χ3n) is 2.45. The third kappa shape index (κ3) is 3.20. The lowest BCUT2D eigenvalue weighted by Crippen LogP contribution is -2.34. The van der Waals surface area contributed by atoms with Gasteiger partial charge < -0.3 is 10.7 Å². The number of hydrazine groups is 1. The minimum atomic E-state index is 0.384. The van der Waals surface area contributed by atoms with E-state index in [9.17, 15) is 0 Å². The predicted octanol–water partition coefficient (Wildman–Crippen LogP) is 3.17. The highest BCUT2D eigenvalue weighted by Gasteiger charge is 1.99. The van der Waals surface area contributed by atoms with Gasteiger partial charge in [0.1, 0.15) is 0 Å². The van der Waals surface area contributed by atoms with Crippen LogP contribution in [0, 0.1) is 0 Å². The van der Waals surface area contributed by atoms with Crippen molar-refractivity contribution in [2.75, 3.05) is 5.32 Å². The van der Waals surface area contributed by atoms with E-state index in [1.54, 1.807) is 0 Å². The number of rotatable bonds is 2. The molecule has 0 aromatic heterocycles. The quantitative estimate of drug-likeness (QED) is 0.448. The molecule has 0 aliphatic heterocycles. The minimum absolute atomic E-state index is 0.384. The molecule has 0 unspecified atom stereocenters. The van der Waals surface area contributed by atoms with Gasteiger partial charge in [0.15, 0.2) is 5.11 Å². The lowest BCUT2D eigenvalue weighted by molar-refractivity contribution is 1.04. The fourth-order valence-electron chi connectivity index (χ4n) is 1.56. The van der Waals surface area contributed by atoms with Gasteiger partial charge in [-0.15, -0.1) is 0 Å². The molecule has 5 heteroatoms. The summed E-state index contributed by atoms with van der Waals surface area (Å²) in [7, 11) is 0. The Hall–Kier alpha value is -1.62. The molecule has 18 heavy (non-hydrogen) atoms. The number of anilines is 1. The molecule has 0 aliphatic carbocycles. The lowest BCUT2D eigenvalue weighted by Gasteiger charge is -2.08. The van der Waals surface area contributed by atoms with Crippen molar-refractivity contribution < 1.29 is 0 Å². The van der Waals surface area contributed by atoms with E-state index in [2.05, 4.69) is 10.7 Å². The van der Waals surface area contributed by atoms with Crippen molar-refractivity contribution in [3.8, 4) is 11.1 Å². The Morgan fingerprint density at radius 2 is 1.44 bits per heavy atom. The molecule has 0 saturated carbocycles. The highest BCUT2D eigenvalue weighted by molar-refractivity contribution is 7.80. The number of nitrogens with two attached hydrogens (primary N) is 1. The molecule has 4 N–H and O–H groups in total. The Kier molecular flexibility index (Phi) is 4.15. The number of halogens is 1. The maximum absolute atomic E-state index is 5.85. The molecule has 3 nitrogen and oxygen atoms in total. The van der Waals surface area contributed by atoms with Gasteiger partial charge in [0.05, 0.1) is 0 Å². The predicted molar refractivity (Wildman–Crippen MR) is 80.4 cm³/mol. The van der Waals surface area contributed by atoms with Crippen LogP contribution in [-0.2, 0) is 0 Å². The first-order chi connectivity index (χ1) is 8.69. The van der Waals surface area contributed by atoms with Crippen molar-refractivity contribution in [2.24, 2.45) is 5.84 Å². The van der Waals surface area contributed by atoms with Crippen LogP contribution in [0.1, 0.15) is 0 Å². The molecule has 2 rings (SSSR count). The smallest absolute Gasteiger partial charge is 0.185 e. The molecule has 2 aromatic carbocycles. The molecule has 2 aromatic rings. The second kappa shape index (κ2) is 5.82. The van der Waals surface area contributed by atoms with Crippen LogP contribution in [0.3, 0.4) is 0 Å². The van der Waals surface area contributed by atoms with Gasteiger partial charge >= 0.3 is 0 Å². The van der Waals surface area contributed by atoms with Crippen molar-refractivity contribution >= 4 is 34.6 Å². The lowest BCUT2D eigenvalue weighted by atomic mass is 10.1. The van der Waals surface area contributed by atoms with Gasteiger partial charge in [0, 0.05) is 10.7 Å². The molecular weight excluding hydrogens is 266 g/mol. The van der Waals surface area contributed by atoms with Crippen LogP contribution in [0.5, 0.6) is 0 Å². The van der Waals surface area contributed by atoms with E-state index in [1.165, 1.54) is 0 Å². The maximum atomic E-state index is 5.85. The second-order valence-electron chi connectivity index (χ2n) is 3.68. The summed E-state index contributed by atoms with van der Waals surface area (Å²) in [6, 6.07) is 15.6. The van der Waals surface area contributed by atoms with Crippen molar-refractivity contribution in [1.82, 2.24) is 5.43 Å². The topological polar surface area (TPSA) is 50.1 Å². The van der Waals surface area contributed by atoms with Crippen LogP contribution in [0.4, 0.5) is 5.69 Å². The van der Waals surface area contributed by atoms with Crippen molar-refractivity contribution in [3.63, 3.8) is 0 Å². The first-order valence-corrected chi connectivity index (χ1v) is 6.11. The van der Waals surface area contributed by atoms with E-state index in [0.29, 0.717) is 5.11 Å². The normalized spacial score (nSPS) is 9.89. The van der Waals surface area contributed by atoms with Crippen molar-refractivity contribution in [2.45, 2.75) is 0 Å². The summed E-state index contributed by atoms with van der Waals surface area (Å²) in [5.41, 5.74) is 5.49. The monoisotopic (exact) mass is 277 g/mol. The van der Waals surface area contributed by atoms with E-state index in [1.807, 2.05) is 48.5 Å². The minimum Gasteiger partial charge on any atom is -0.332 e. The molecule has 0 bridgehead atoms. The summed E-state index contributed by atoms with van der Waals surface area (Å²) in [6.45, 7) is 0. The number of benzene rings is 2. The third-order valence-corrected chi connectivity index (χ3v) is 2.92. The summed E-state index contributed by atoms with van der Waals surface area (Å²) < 4.78 is 0. The van der Waals surface area contributed by atoms with Gasteiger partial charge in [-0.1, -0.05) is 35.9 Å². The number of hydrogen-bond acceptors (Lipinski definition) is 2. The number of thiocarbonyl (C=S) groups is 1. The Labute approximate surface area is 116 Å². The summed E-state index contributed by atoms with van der Waals surface area (Å²) in [5, 5.41) is 4.07. The van der Waals surface area contributed by atoms with Crippen LogP contribution in [0.15, 0.2) is 48.5 Å². The van der Waals surface area contributed by atoms with E-state index in [4.69, 9.17) is 29.7 Å². The second-order valence-corrected chi connectivity index (χ2v) is 4.53. The van der Waals surface area contributed by atoms with Crippen LogP contribution in [-0.4, -0.2) is 5.11 Å². The largest absolute Gasteiger partial charge is 0.332 e. The van der Waals surface area contributed by atoms with Gasteiger partial charge in [-0.3, -0.25) is 0 Å². The van der Waals surface area contributed by atoms with Gasteiger partial charge in [0.25, 0.3) is 0 Å². The Balaban J connectivity index is 2.17. The molecule has 0 amide bonds. The molecule has 0 radical (unpaired) electrons. The highest BCUT2D eigenvalue weighted by atomic mass is 35.5.